The molecule has 3 aromatic rings. The summed E-state index contributed by atoms with van der Waals surface area (Å²) in [5, 5.41) is 3.79. The maximum atomic E-state index is 13.7. The lowest BCUT2D eigenvalue weighted by Crippen LogP contribution is -2.54. The Labute approximate surface area is 224 Å². The fourth-order valence-corrected chi connectivity index (χ4v) is 5.01. The maximum Gasteiger partial charge on any atom is 0.243 e. The van der Waals surface area contributed by atoms with Crippen molar-refractivity contribution in [3.63, 3.8) is 0 Å². The van der Waals surface area contributed by atoms with Crippen molar-refractivity contribution in [2.24, 2.45) is 0 Å². The Morgan fingerprint density at radius 3 is 2.28 bits per heavy atom. The number of nitrogens with one attached hydrogen (secondary N) is 1. The molecule has 0 aliphatic rings. The van der Waals surface area contributed by atoms with Gasteiger partial charge in [-0.15, -0.1) is 11.8 Å². The summed E-state index contributed by atoms with van der Waals surface area (Å²) in [4.78, 5) is 29.1. The molecule has 190 valence electrons. The number of hydrogen-bond acceptors (Lipinski definition) is 3. The average Bonchev–Trinajstić information content (AvgIpc) is 2.82. The first-order valence-electron chi connectivity index (χ1n) is 12.1. The molecule has 36 heavy (non-hydrogen) atoms. The highest BCUT2D eigenvalue weighted by Crippen LogP contribution is 2.21. The molecular weight excluding hydrogens is 488 g/mol. The van der Waals surface area contributed by atoms with Gasteiger partial charge in [-0.3, -0.25) is 9.59 Å². The van der Waals surface area contributed by atoms with E-state index in [2.05, 4.69) is 5.32 Å². The molecule has 0 saturated carbocycles. The third-order valence-electron chi connectivity index (χ3n) is 5.75. The molecule has 0 bridgehead atoms. The summed E-state index contributed by atoms with van der Waals surface area (Å²) in [7, 11) is 0. The number of thioether (sulfide) groups is 1. The highest BCUT2D eigenvalue weighted by molar-refractivity contribution is 7.99. The maximum absolute atomic E-state index is 13.7. The predicted molar refractivity (Wildman–Crippen MR) is 151 cm³/mol. The number of halogens is 1. The quantitative estimate of drug-likeness (QED) is 0.333. The first-order valence-corrected chi connectivity index (χ1v) is 13.7. The van der Waals surface area contributed by atoms with E-state index in [-0.39, 0.29) is 17.6 Å². The van der Waals surface area contributed by atoms with Crippen LogP contribution in [0, 0.1) is 6.92 Å². The van der Waals surface area contributed by atoms with Crippen molar-refractivity contribution in [3.8, 4) is 0 Å². The Bertz CT molecular complexity index is 1160. The topological polar surface area (TPSA) is 49.4 Å². The Kier molecular flexibility index (Phi) is 10.0. The minimum atomic E-state index is -0.634. The van der Waals surface area contributed by atoms with Crippen molar-refractivity contribution in [1.29, 1.82) is 0 Å². The number of aryl methyl sites for hydroxylation is 1. The van der Waals surface area contributed by atoms with Gasteiger partial charge < -0.3 is 10.2 Å². The van der Waals surface area contributed by atoms with E-state index in [0.717, 1.165) is 22.3 Å². The number of hydrogen-bond donors (Lipinski definition) is 1. The van der Waals surface area contributed by atoms with Gasteiger partial charge in [-0.05, 0) is 62.1 Å². The van der Waals surface area contributed by atoms with Crippen molar-refractivity contribution in [2.45, 2.75) is 58.0 Å². The number of benzene rings is 3. The highest BCUT2D eigenvalue weighted by Gasteiger charge is 2.32. The molecule has 4 nitrogen and oxygen atoms in total. The molecule has 0 saturated heterocycles. The molecule has 0 heterocycles. The van der Waals surface area contributed by atoms with E-state index in [1.54, 1.807) is 4.90 Å². The zero-order valence-electron chi connectivity index (χ0n) is 21.5. The SMILES string of the molecule is Cc1ccccc1CN(C(=O)CSCc1cccc(Cl)c1)C(Cc1ccccc1)C(=O)NC(C)(C)C. The van der Waals surface area contributed by atoms with Gasteiger partial charge in [0.25, 0.3) is 0 Å². The van der Waals surface area contributed by atoms with Crippen molar-refractivity contribution >= 4 is 35.2 Å². The fourth-order valence-electron chi connectivity index (χ4n) is 3.94. The molecule has 0 aliphatic heterocycles. The molecule has 2 amide bonds. The smallest absolute Gasteiger partial charge is 0.243 e. The number of carbonyl (C=O) groups excluding carboxylic acids is 2. The predicted octanol–water partition coefficient (Wildman–Crippen LogP) is 6.44. The first-order chi connectivity index (χ1) is 17.1. The van der Waals surface area contributed by atoms with Crippen molar-refractivity contribution < 1.29 is 9.59 Å². The van der Waals surface area contributed by atoms with E-state index >= 15 is 0 Å². The molecule has 1 unspecified atom stereocenters. The first kappa shape index (κ1) is 27.8. The van der Waals surface area contributed by atoms with E-state index in [4.69, 9.17) is 11.6 Å². The lowest BCUT2D eigenvalue weighted by molar-refractivity contribution is -0.140. The molecule has 6 heteroatoms. The van der Waals surface area contributed by atoms with Gasteiger partial charge in [-0.25, -0.2) is 0 Å². The molecule has 1 N–H and O–H groups in total. The van der Waals surface area contributed by atoms with Crippen LogP contribution in [0.2, 0.25) is 5.02 Å². The Balaban J connectivity index is 1.88. The Morgan fingerprint density at radius 2 is 1.61 bits per heavy atom. The highest BCUT2D eigenvalue weighted by atomic mass is 35.5. The summed E-state index contributed by atoms with van der Waals surface area (Å²) in [6.45, 7) is 8.28. The second kappa shape index (κ2) is 13.0. The summed E-state index contributed by atoms with van der Waals surface area (Å²) >= 11 is 7.65. The van der Waals surface area contributed by atoms with Crippen LogP contribution in [-0.2, 0) is 28.3 Å². The molecular formula is C30H35ClN2O2S. The van der Waals surface area contributed by atoms with Gasteiger partial charge in [0.2, 0.25) is 11.8 Å². The molecule has 0 aliphatic carbocycles. The van der Waals surface area contributed by atoms with Gasteiger partial charge in [0.05, 0.1) is 5.75 Å². The van der Waals surface area contributed by atoms with Crippen LogP contribution in [0.3, 0.4) is 0 Å². The van der Waals surface area contributed by atoms with Crippen LogP contribution in [0.4, 0.5) is 0 Å². The van der Waals surface area contributed by atoms with Crippen LogP contribution in [0.1, 0.15) is 43.0 Å². The Hall–Kier alpha value is -2.76. The number of carbonyl (C=O) groups is 2. The third-order valence-corrected chi connectivity index (χ3v) is 6.98. The van der Waals surface area contributed by atoms with Crippen molar-refractivity contribution in [3.05, 3.63) is 106 Å². The van der Waals surface area contributed by atoms with Gasteiger partial charge in [-0.2, -0.15) is 0 Å². The van der Waals surface area contributed by atoms with Crippen LogP contribution in [0.5, 0.6) is 0 Å². The number of rotatable bonds is 10. The van der Waals surface area contributed by atoms with Gasteiger partial charge in [0.1, 0.15) is 6.04 Å². The normalized spacial score (nSPS) is 12.1. The van der Waals surface area contributed by atoms with E-state index in [1.165, 1.54) is 11.8 Å². The second-order valence-electron chi connectivity index (χ2n) is 10.0. The standard InChI is InChI=1S/C30H35ClN2O2S/c1-22-11-8-9-15-25(22)19-33(28(34)21-36-20-24-14-10-16-26(31)17-24)27(29(35)32-30(2,3)4)18-23-12-6-5-7-13-23/h5-17,27H,18-21H2,1-4H3,(H,32,35). The van der Waals surface area contributed by atoms with Crippen LogP contribution in [-0.4, -0.2) is 34.0 Å². The third kappa shape index (κ3) is 8.72. The summed E-state index contributed by atoms with van der Waals surface area (Å²) in [6.07, 6.45) is 0.444. The molecule has 0 fully saturated rings. The lowest BCUT2D eigenvalue weighted by Gasteiger charge is -2.34. The van der Waals surface area contributed by atoms with E-state index < -0.39 is 11.6 Å². The van der Waals surface area contributed by atoms with E-state index in [1.807, 2.05) is 107 Å². The number of nitrogens with zero attached hydrogens (tertiary/aromatic N) is 1. The fraction of sp³-hybridized carbons (Fsp3) is 0.333. The van der Waals surface area contributed by atoms with Crippen LogP contribution in [0.25, 0.3) is 0 Å². The largest absolute Gasteiger partial charge is 0.350 e. The van der Waals surface area contributed by atoms with Crippen molar-refractivity contribution in [2.75, 3.05) is 5.75 Å². The molecule has 0 spiro atoms. The lowest BCUT2D eigenvalue weighted by atomic mass is 10.00. The minimum absolute atomic E-state index is 0.0599. The monoisotopic (exact) mass is 522 g/mol. The van der Waals surface area contributed by atoms with Crippen LogP contribution < -0.4 is 5.32 Å². The van der Waals surface area contributed by atoms with Crippen molar-refractivity contribution in [1.82, 2.24) is 10.2 Å². The van der Waals surface area contributed by atoms with Gasteiger partial charge in [-0.1, -0.05) is 78.3 Å². The summed E-state index contributed by atoms with van der Waals surface area (Å²) in [6, 6.07) is 24.9. The summed E-state index contributed by atoms with van der Waals surface area (Å²) < 4.78 is 0. The number of amides is 2. The van der Waals surface area contributed by atoms with E-state index in [0.29, 0.717) is 23.7 Å². The van der Waals surface area contributed by atoms with Crippen LogP contribution in [0.15, 0.2) is 78.9 Å². The Morgan fingerprint density at radius 1 is 0.944 bits per heavy atom. The van der Waals surface area contributed by atoms with Gasteiger partial charge in [0, 0.05) is 29.3 Å². The zero-order valence-corrected chi connectivity index (χ0v) is 23.0. The molecule has 0 radical (unpaired) electrons. The van der Waals surface area contributed by atoms with E-state index in [9.17, 15) is 9.59 Å². The zero-order chi connectivity index (χ0) is 26.1. The van der Waals surface area contributed by atoms with Crippen LogP contribution >= 0.6 is 23.4 Å². The van der Waals surface area contributed by atoms with Gasteiger partial charge in [0.15, 0.2) is 0 Å². The molecule has 3 rings (SSSR count). The minimum Gasteiger partial charge on any atom is -0.350 e. The van der Waals surface area contributed by atoms with Gasteiger partial charge >= 0.3 is 0 Å². The average molecular weight is 523 g/mol. The summed E-state index contributed by atoms with van der Waals surface area (Å²) in [5.41, 5.74) is 3.80. The summed E-state index contributed by atoms with van der Waals surface area (Å²) in [5.74, 6) is 0.734. The molecule has 3 aromatic carbocycles. The molecule has 1 atom stereocenters. The molecule has 0 aromatic heterocycles. The second-order valence-corrected chi connectivity index (χ2v) is 11.4.